The molecule has 1 nitrogen and oxygen atoms in total. The van der Waals surface area contributed by atoms with Gasteiger partial charge in [-0.3, -0.25) is 0 Å². The van der Waals surface area contributed by atoms with Crippen LogP contribution < -0.4 is 5.32 Å². The van der Waals surface area contributed by atoms with Gasteiger partial charge in [-0.1, -0.05) is 18.2 Å². The molecule has 0 amide bonds. The van der Waals surface area contributed by atoms with Gasteiger partial charge in [0.2, 0.25) is 0 Å². The summed E-state index contributed by atoms with van der Waals surface area (Å²) in [5, 5.41) is 3.28. The maximum atomic E-state index is 13.1. The Morgan fingerprint density at radius 1 is 1.16 bits per heavy atom. The average Bonchev–Trinajstić information content (AvgIpc) is 2.40. The monoisotopic (exact) mass is 325 g/mol. The van der Waals surface area contributed by atoms with E-state index in [0.29, 0.717) is 11.0 Å². The van der Waals surface area contributed by atoms with Crippen molar-refractivity contribution in [3.05, 3.63) is 69.7 Å². The van der Waals surface area contributed by atoms with Crippen LogP contribution in [-0.2, 0) is 6.54 Å². The molecule has 0 unspecified atom stereocenters. The van der Waals surface area contributed by atoms with E-state index in [1.165, 1.54) is 18.2 Å². The van der Waals surface area contributed by atoms with Crippen molar-refractivity contribution in [2.75, 3.05) is 0 Å². The first-order chi connectivity index (χ1) is 9.06. The summed E-state index contributed by atoms with van der Waals surface area (Å²) in [6.07, 6.45) is 0. The molecule has 2 rings (SSSR count). The van der Waals surface area contributed by atoms with Crippen LogP contribution >= 0.6 is 15.9 Å². The van der Waals surface area contributed by atoms with Gasteiger partial charge in [0.15, 0.2) is 0 Å². The van der Waals surface area contributed by atoms with Crippen LogP contribution in [0.4, 0.5) is 8.78 Å². The molecule has 0 saturated carbocycles. The van der Waals surface area contributed by atoms with E-state index in [1.807, 2.05) is 13.0 Å². The van der Waals surface area contributed by atoms with E-state index in [1.54, 1.807) is 18.2 Å². The van der Waals surface area contributed by atoms with Crippen molar-refractivity contribution in [2.45, 2.75) is 19.5 Å². The van der Waals surface area contributed by atoms with E-state index in [4.69, 9.17) is 0 Å². The molecule has 0 bridgehead atoms. The van der Waals surface area contributed by atoms with Crippen LogP contribution in [-0.4, -0.2) is 0 Å². The Morgan fingerprint density at radius 3 is 2.63 bits per heavy atom. The van der Waals surface area contributed by atoms with Crippen LogP contribution in [0.3, 0.4) is 0 Å². The highest BCUT2D eigenvalue weighted by Crippen LogP contribution is 2.18. The van der Waals surface area contributed by atoms with Crippen molar-refractivity contribution in [3.8, 4) is 0 Å². The highest BCUT2D eigenvalue weighted by molar-refractivity contribution is 9.10. The van der Waals surface area contributed by atoms with Crippen LogP contribution in [0.2, 0.25) is 0 Å². The lowest BCUT2D eigenvalue weighted by atomic mass is 10.1. The first-order valence-corrected chi connectivity index (χ1v) is 6.78. The largest absolute Gasteiger partial charge is 0.306 e. The Balaban J connectivity index is 2.00. The normalized spacial score (nSPS) is 12.4. The summed E-state index contributed by atoms with van der Waals surface area (Å²) in [6, 6.07) is 11.4. The molecule has 4 heteroatoms. The topological polar surface area (TPSA) is 12.0 Å². The zero-order valence-corrected chi connectivity index (χ0v) is 12.0. The first-order valence-electron chi connectivity index (χ1n) is 5.99. The van der Waals surface area contributed by atoms with Crippen molar-refractivity contribution in [3.63, 3.8) is 0 Å². The summed E-state index contributed by atoms with van der Waals surface area (Å²) in [7, 11) is 0. The Kier molecular flexibility index (Phi) is 4.66. The lowest BCUT2D eigenvalue weighted by molar-refractivity contribution is 0.563. The molecular weight excluding hydrogens is 312 g/mol. The summed E-state index contributed by atoms with van der Waals surface area (Å²) < 4.78 is 26.7. The van der Waals surface area contributed by atoms with Gasteiger partial charge in [-0.05, 0) is 58.2 Å². The van der Waals surface area contributed by atoms with Crippen molar-refractivity contribution in [1.29, 1.82) is 0 Å². The van der Waals surface area contributed by atoms with Crippen LogP contribution in [0.1, 0.15) is 24.1 Å². The molecule has 0 saturated heterocycles. The molecule has 0 aliphatic rings. The molecule has 1 N–H and O–H groups in total. The average molecular weight is 326 g/mol. The van der Waals surface area contributed by atoms with Crippen molar-refractivity contribution in [1.82, 2.24) is 5.32 Å². The third-order valence-electron chi connectivity index (χ3n) is 2.95. The third-order valence-corrected chi connectivity index (χ3v) is 3.55. The Labute approximate surface area is 119 Å². The molecule has 0 heterocycles. The SMILES string of the molecule is C[C@@H](NCc1ccc(F)c(Br)c1)c1cccc(F)c1. The highest BCUT2D eigenvalue weighted by Gasteiger charge is 2.06. The van der Waals surface area contributed by atoms with Gasteiger partial charge in [-0.25, -0.2) is 8.78 Å². The van der Waals surface area contributed by atoms with Crippen LogP contribution in [0.5, 0.6) is 0 Å². The number of nitrogens with one attached hydrogen (secondary N) is 1. The fraction of sp³-hybridized carbons (Fsp3) is 0.200. The lowest BCUT2D eigenvalue weighted by Gasteiger charge is -2.14. The molecule has 0 radical (unpaired) electrons. The van der Waals surface area contributed by atoms with Crippen LogP contribution in [0, 0.1) is 11.6 Å². The van der Waals surface area contributed by atoms with E-state index in [2.05, 4.69) is 21.2 Å². The Bertz CT molecular complexity index is 572. The van der Waals surface area contributed by atoms with Crippen molar-refractivity contribution in [2.24, 2.45) is 0 Å². The molecular formula is C15H14BrF2N. The van der Waals surface area contributed by atoms with E-state index in [9.17, 15) is 8.78 Å². The predicted molar refractivity (Wildman–Crippen MR) is 75.8 cm³/mol. The van der Waals surface area contributed by atoms with E-state index in [-0.39, 0.29) is 17.7 Å². The quantitative estimate of drug-likeness (QED) is 0.867. The van der Waals surface area contributed by atoms with Gasteiger partial charge in [0.25, 0.3) is 0 Å². The summed E-state index contributed by atoms with van der Waals surface area (Å²) in [4.78, 5) is 0. The molecule has 100 valence electrons. The maximum absolute atomic E-state index is 13.1. The van der Waals surface area contributed by atoms with Gasteiger partial charge < -0.3 is 5.32 Å². The second kappa shape index (κ2) is 6.26. The van der Waals surface area contributed by atoms with Crippen molar-refractivity contribution < 1.29 is 8.78 Å². The van der Waals surface area contributed by atoms with Gasteiger partial charge >= 0.3 is 0 Å². The summed E-state index contributed by atoms with van der Waals surface area (Å²) in [6.45, 7) is 2.56. The Morgan fingerprint density at radius 2 is 1.95 bits per heavy atom. The molecule has 19 heavy (non-hydrogen) atoms. The number of benzene rings is 2. The smallest absolute Gasteiger partial charge is 0.137 e. The second-order valence-corrected chi connectivity index (χ2v) is 5.26. The number of hydrogen-bond donors (Lipinski definition) is 1. The minimum absolute atomic E-state index is 0.0273. The maximum Gasteiger partial charge on any atom is 0.137 e. The molecule has 0 aromatic heterocycles. The lowest BCUT2D eigenvalue weighted by Crippen LogP contribution is -2.18. The summed E-state index contributed by atoms with van der Waals surface area (Å²) in [5.74, 6) is -0.516. The zero-order chi connectivity index (χ0) is 13.8. The van der Waals surface area contributed by atoms with E-state index in [0.717, 1.165) is 11.1 Å². The number of halogens is 3. The minimum atomic E-state index is -0.276. The molecule has 2 aromatic carbocycles. The molecule has 0 spiro atoms. The minimum Gasteiger partial charge on any atom is -0.306 e. The molecule has 1 atom stereocenters. The van der Waals surface area contributed by atoms with E-state index >= 15 is 0 Å². The molecule has 0 aliphatic heterocycles. The van der Waals surface area contributed by atoms with Crippen molar-refractivity contribution >= 4 is 15.9 Å². The standard InChI is InChI=1S/C15H14BrF2N/c1-10(12-3-2-4-13(17)8-12)19-9-11-5-6-15(18)14(16)7-11/h2-8,10,19H,9H2,1H3/t10-/m1/s1. The van der Waals surface area contributed by atoms with Gasteiger partial charge in [0.05, 0.1) is 4.47 Å². The number of rotatable bonds is 4. The van der Waals surface area contributed by atoms with Gasteiger partial charge in [0.1, 0.15) is 11.6 Å². The second-order valence-electron chi connectivity index (χ2n) is 4.41. The van der Waals surface area contributed by atoms with E-state index < -0.39 is 0 Å². The molecule has 2 aromatic rings. The predicted octanol–water partition coefficient (Wildman–Crippen LogP) is 4.58. The molecule has 0 aliphatic carbocycles. The first kappa shape index (κ1) is 14.2. The fourth-order valence-electron chi connectivity index (χ4n) is 1.81. The summed E-state index contributed by atoms with van der Waals surface area (Å²) >= 11 is 3.16. The zero-order valence-electron chi connectivity index (χ0n) is 10.5. The number of hydrogen-bond acceptors (Lipinski definition) is 1. The van der Waals surface area contributed by atoms with Crippen LogP contribution in [0.25, 0.3) is 0 Å². The van der Waals surface area contributed by atoms with Crippen LogP contribution in [0.15, 0.2) is 46.9 Å². The summed E-state index contributed by atoms with van der Waals surface area (Å²) in [5.41, 5.74) is 1.86. The van der Waals surface area contributed by atoms with Gasteiger partial charge in [-0.15, -0.1) is 0 Å². The Hall–Kier alpha value is -1.26. The van der Waals surface area contributed by atoms with Gasteiger partial charge in [0, 0.05) is 12.6 Å². The third kappa shape index (κ3) is 3.85. The van der Waals surface area contributed by atoms with Gasteiger partial charge in [-0.2, -0.15) is 0 Å². The highest BCUT2D eigenvalue weighted by atomic mass is 79.9. The molecule has 0 fully saturated rings. The fourth-order valence-corrected chi connectivity index (χ4v) is 2.24.